The maximum Gasteiger partial charge on any atom is 0.226 e. The normalized spacial score (nSPS) is 32.5. The van der Waals surface area contributed by atoms with Crippen molar-refractivity contribution in [2.45, 2.75) is 62.8 Å². The Labute approximate surface area is 141 Å². The first-order chi connectivity index (χ1) is 11.6. The molecule has 126 valence electrons. The van der Waals surface area contributed by atoms with Crippen LogP contribution < -0.4 is 0 Å². The first-order valence-electron chi connectivity index (χ1n) is 9.06. The number of carbonyl (C=O) groups is 1. The summed E-state index contributed by atoms with van der Waals surface area (Å²) in [5.41, 5.74) is 0.336. The number of piperidine rings is 1. The molecule has 0 spiro atoms. The van der Waals surface area contributed by atoms with E-state index in [-0.39, 0.29) is 18.0 Å². The first kappa shape index (κ1) is 14.5. The molecule has 2 aliphatic heterocycles. The van der Waals surface area contributed by atoms with E-state index in [9.17, 15) is 9.90 Å². The van der Waals surface area contributed by atoms with E-state index in [1.54, 1.807) is 6.20 Å². The second kappa shape index (κ2) is 5.06. The maximum absolute atomic E-state index is 12.6. The summed E-state index contributed by atoms with van der Waals surface area (Å²) in [7, 11) is 0. The minimum atomic E-state index is -0.728. The molecule has 3 fully saturated rings. The third-order valence-corrected chi connectivity index (χ3v) is 6.07. The number of hydrogen-bond donors (Lipinski definition) is 1. The maximum atomic E-state index is 12.6. The second-order valence-electron chi connectivity index (χ2n) is 7.92. The highest BCUT2D eigenvalue weighted by atomic mass is 16.3. The Morgan fingerprint density at radius 2 is 1.96 bits per heavy atom. The Hall–Kier alpha value is -1.88. The van der Waals surface area contributed by atoms with Gasteiger partial charge in [-0.15, -0.1) is 0 Å². The van der Waals surface area contributed by atoms with E-state index in [4.69, 9.17) is 0 Å². The molecular weight excluding hydrogens is 302 g/mol. The molecule has 1 amide bonds. The topological polar surface area (TPSA) is 58.4 Å². The molecule has 2 aromatic heterocycles. The monoisotopic (exact) mass is 325 g/mol. The highest BCUT2D eigenvalue weighted by molar-refractivity contribution is 5.82. The van der Waals surface area contributed by atoms with Gasteiger partial charge in [-0.1, -0.05) is 0 Å². The van der Waals surface area contributed by atoms with Crippen LogP contribution in [0, 0.1) is 5.92 Å². The van der Waals surface area contributed by atoms with Crippen molar-refractivity contribution in [2.24, 2.45) is 5.92 Å². The van der Waals surface area contributed by atoms with Gasteiger partial charge < -0.3 is 14.6 Å². The number of rotatable bonds is 3. The molecule has 3 aliphatic rings. The van der Waals surface area contributed by atoms with E-state index in [2.05, 4.69) is 20.5 Å². The smallest absolute Gasteiger partial charge is 0.226 e. The molecular formula is C19H23N3O2. The van der Waals surface area contributed by atoms with Crippen molar-refractivity contribution < 1.29 is 9.90 Å². The van der Waals surface area contributed by atoms with Crippen LogP contribution in [-0.2, 0) is 11.3 Å². The number of nitrogens with zero attached hydrogens (tertiary/aromatic N) is 3. The van der Waals surface area contributed by atoms with Crippen molar-refractivity contribution >= 4 is 16.8 Å². The zero-order valence-electron chi connectivity index (χ0n) is 13.8. The van der Waals surface area contributed by atoms with Crippen LogP contribution in [0.1, 0.15) is 38.5 Å². The predicted molar refractivity (Wildman–Crippen MR) is 90.3 cm³/mol. The van der Waals surface area contributed by atoms with Crippen LogP contribution in [0.4, 0.5) is 0 Å². The van der Waals surface area contributed by atoms with Crippen molar-refractivity contribution in [2.75, 3.05) is 0 Å². The molecule has 2 aromatic rings. The van der Waals surface area contributed by atoms with Crippen LogP contribution >= 0.6 is 0 Å². The van der Waals surface area contributed by atoms with E-state index < -0.39 is 5.60 Å². The molecule has 1 aliphatic carbocycles. The largest absolute Gasteiger partial charge is 0.388 e. The lowest BCUT2D eigenvalue weighted by atomic mass is 9.85. The van der Waals surface area contributed by atoms with Crippen LogP contribution in [0.5, 0.6) is 0 Å². The summed E-state index contributed by atoms with van der Waals surface area (Å²) in [4.78, 5) is 18.9. The predicted octanol–water partition coefficient (Wildman–Crippen LogP) is 2.33. The molecule has 5 nitrogen and oxygen atoms in total. The summed E-state index contributed by atoms with van der Waals surface area (Å²) in [6.07, 6.45) is 11.3. The Bertz CT molecular complexity index is 781. The molecule has 2 bridgehead atoms. The van der Waals surface area contributed by atoms with E-state index in [0.717, 1.165) is 36.6 Å². The number of pyridine rings is 1. The first-order valence-corrected chi connectivity index (χ1v) is 9.06. The van der Waals surface area contributed by atoms with Crippen LogP contribution in [0.25, 0.3) is 10.9 Å². The van der Waals surface area contributed by atoms with Crippen LogP contribution in [0.2, 0.25) is 0 Å². The van der Waals surface area contributed by atoms with Gasteiger partial charge in [0.05, 0.1) is 23.9 Å². The average Bonchev–Trinajstić information content (AvgIpc) is 3.29. The van der Waals surface area contributed by atoms with Gasteiger partial charge in [0.15, 0.2) is 0 Å². The van der Waals surface area contributed by atoms with Gasteiger partial charge in [0.1, 0.15) is 0 Å². The van der Waals surface area contributed by atoms with Gasteiger partial charge in [-0.3, -0.25) is 9.78 Å². The Morgan fingerprint density at radius 3 is 2.67 bits per heavy atom. The fourth-order valence-electron chi connectivity index (χ4n) is 4.84. The summed E-state index contributed by atoms with van der Waals surface area (Å²) < 4.78 is 2.11. The Kier molecular flexibility index (Phi) is 3.05. The number of aliphatic hydroxyl groups is 1. The minimum Gasteiger partial charge on any atom is -0.388 e. The lowest BCUT2D eigenvalue weighted by Crippen LogP contribution is -2.55. The number of carbonyl (C=O) groups excluding carboxylic acids is 1. The van der Waals surface area contributed by atoms with Crippen LogP contribution in [0.15, 0.2) is 30.7 Å². The van der Waals surface area contributed by atoms with Gasteiger partial charge >= 0.3 is 0 Å². The third-order valence-electron chi connectivity index (χ3n) is 6.07. The zero-order valence-corrected chi connectivity index (χ0v) is 13.8. The number of aromatic nitrogens is 2. The quantitative estimate of drug-likeness (QED) is 0.942. The number of amides is 1. The van der Waals surface area contributed by atoms with Crippen molar-refractivity contribution in [1.82, 2.24) is 14.5 Å². The lowest BCUT2D eigenvalue weighted by Gasteiger charge is -2.44. The standard InChI is InChI=1S/C19H23N3O2/c23-18(14-1-2-14)22-15-3-4-16(22)10-19(24,9-15)12-21-8-6-13-5-7-20-11-17(13)21/h5-8,11,14-16,24H,1-4,9-10,12H2/t15-,16-/m0/s1. The minimum absolute atomic E-state index is 0.224. The summed E-state index contributed by atoms with van der Waals surface area (Å²) in [5, 5.41) is 12.4. The van der Waals surface area contributed by atoms with Gasteiger partial charge in [-0.25, -0.2) is 0 Å². The van der Waals surface area contributed by atoms with Gasteiger partial charge in [0.2, 0.25) is 5.91 Å². The van der Waals surface area contributed by atoms with Gasteiger partial charge in [0.25, 0.3) is 0 Å². The molecule has 1 N–H and O–H groups in total. The Balaban J connectivity index is 1.38. The van der Waals surface area contributed by atoms with Crippen LogP contribution in [0.3, 0.4) is 0 Å². The zero-order chi connectivity index (χ0) is 16.3. The fourth-order valence-corrected chi connectivity index (χ4v) is 4.84. The average molecular weight is 325 g/mol. The fraction of sp³-hybridized carbons (Fsp3) is 0.579. The number of hydrogen-bond acceptors (Lipinski definition) is 3. The molecule has 0 unspecified atom stereocenters. The summed E-state index contributed by atoms with van der Waals surface area (Å²) >= 11 is 0. The van der Waals surface area contributed by atoms with Gasteiger partial charge in [-0.2, -0.15) is 0 Å². The second-order valence-corrected chi connectivity index (χ2v) is 7.92. The van der Waals surface area contributed by atoms with E-state index in [1.165, 1.54) is 0 Å². The summed E-state index contributed by atoms with van der Waals surface area (Å²) in [5.74, 6) is 0.624. The van der Waals surface area contributed by atoms with Gasteiger partial charge in [0, 0.05) is 35.8 Å². The lowest BCUT2D eigenvalue weighted by molar-refractivity contribution is -0.143. The van der Waals surface area contributed by atoms with Gasteiger partial charge in [-0.05, 0) is 50.7 Å². The summed E-state index contributed by atoms with van der Waals surface area (Å²) in [6.45, 7) is 0.584. The van der Waals surface area contributed by atoms with E-state index >= 15 is 0 Å². The molecule has 1 saturated carbocycles. The molecule has 2 saturated heterocycles. The van der Waals surface area contributed by atoms with E-state index in [0.29, 0.717) is 25.3 Å². The van der Waals surface area contributed by atoms with Crippen LogP contribution in [-0.4, -0.2) is 43.1 Å². The molecule has 5 heteroatoms. The highest BCUT2D eigenvalue weighted by Gasteiger charge is 2.51. The SMILES string of the molecule is O=C(C1CC1)N1[C@H]2CC[C@H]1CC(O)(Cn1ccc3ccncc31)C2. The third kappa shape index (κ3) is 2.25. The highest BCUT2D eigenvalue weighted by Crippen LogP contribution is 2.44. The van der Waals surface area contributed by atoms with Crippen molar-refractivity contribution in [3.8, 4) is 0 Å². The molecule has 0 aromatic carbocycles. The van der Waals surface area contributed by atoms with Crippen molar-refractivity contribution in [3.63, 3.8) is 0 Å². The molecule has 0 radical (unpaired) electrons. The van der Waals surface area contributed by atoms with Crippen molar-refractivity contribution in [1.29, 1.82) is 0 Å². The van der Waals surface area contributed by atoms with Crippen molar-refractivity contribution in [3.05, 3.63) is 30.7 Å². The number of fused-ring (bicyclic) bond motifs is 3. The summed E-state index contributed by atoms with van der Waals surface area (Å²) in [6, 6.07) is 4.51. The van der Waals surface area contributed by atoms with E-state index in [1.807, 2.05) is 18.5 Å². The molecule has 24 heavy (non-hydrogen) atoms. The molecule has 5 rings (SSSR count). The molecule has 4 heterocycles. The Morgan fingerprint density at radius 1 is 1.21 bits per heavy atom. The molecule has 2 atom stereocenters.